The van der Waals surface area contributed by atoms with Gasteiger partial charge in [-0.05, 0) is 66.6 Å². The van der Waals surface area contributed by atoms with Gasteiger partial charge < -0.3 is 24.7 Å². The molecule has 4 aromatic carbocycles. The number of hydrogen-bond acceptors (Lipinski definition) is 7. The molecule has 1 atom stereocenters. The number of carbonyl (C=O) groups excluding carboxylic acids is 1. The summed E-state index contributed by atoms with van der Waals surface area (Å²) in [5.74, 6) is 0.235. The van der Waals surface area contributed by atoms with Crippen molar-refractivity contribution >= 4 is 58.4 Å². The Kier molecular flexibility index (Phi) is 10.1. The van der Waals surface area contributed by atoms with E-state index in [4.69, 9.17) is 71.1 Å². The van der Waals surface area contributed by atoms with Crippen LogP contribution >= 0.6 is 46.4 Å². The molecule has 7 nitrogen and oxygen atoms in total. The molecule has 5 rings (SSSR count). The number of benzene rings is 4. The van der Waals surface area contributed by atoms with E-state index in [1.54, 1.807) is 66.7 Å². The minimum atomic E-state index is -0.633. The molecule has 0 aliphatic carbocycles. The van der Waals surface area contributed by atoms with E-state index >= 15 is 0 Å². The highest BCUT2D eigenvalue weighted by Crippen LogP contribution is 2.45. The summed E-state index contributed by atoms with van der Waals surface area (Å²) >= 11 is 24.4. The fourth-order valence-electron chi connectivity index (χ4n) is 4.67. The van der Waals surface area contributed by atoms with Gasteiger partial charge in [0.1, 0.15) is 29.7 Å². The van der Waals surface area contributed by atoms with E-state index in [1.165, 1.54) is 12.2 Å². The summed E-state index contributed by atoms with van der Waals surface area (Å²) in [6, 6.07) is 22.6. The van der Waals surface area contributed by atoms with Crippen LogP contribution in [0.1, 0.15) is 35.1 Å². The average molecular weight is 682 g/mol. The number of ether oxygens (including phenoxy) is 4. The van der Waals surface area contributed by atoms with Gasteiger partial charge in [0, 0.05) is 43.4 Å². The van der Waals surface area contributed by atoms with Crippen molar-refractivity contribution < 1.29 is 23.7 Å². The third kappa shape index (κ3) is 7.50. The zero-order chi connectivity index (χ0) is 32.1. The van der Waals surface area contributed by atoms with E-state index in [9.17, 15) is 10.1 Å². The van der Waals surface area contributed by atoms with Crippen LogP contribution in [0.4, 0.5) is 0 Å². The Morgan fingerprint density at radius 2 is 1.69 bits per heavy atom. The second kappa shape index (κ2) is 14.2. The first-order chi connectivity index (χ1) is 21.7. The lowest BCUT2D eigenvalue weighted by Crippen LogP contribution is -2.21. The molecule has 45 heavy (non-hydrogen) atoms. The van der Waals surface area contributed by atoms with Crippen molar-refractivity contribution in [3.05, 3.63) is 133 Å². The fraction of sp³-hybridized carbons (Fsp3) is 0.118. The van der Waals surface area contributed by atoms with E-state index in [2.05, 4.69) is 6.07 Å². The predicted molar refractivity (Wildman–Crippen MR) is 175 cm³/mol. The molecular formula is C34H24Cl4N2O5. The summed E-state index contributed by atoms with van der Waals surface area (Å²) in [6.07, 6.45) is 2.78. The van der Waals surface area contributed by atoms with Gasteiger partial charge in [-0.2, -0.15) is 5.26 Å². The smallest absolute Gasteiger partial charge is 0.336 e. The van der Waals surface area contributed by atoms with Crippen LogP contribution in [0.15, 0.2) is 90.3 Å². The van der Waals surface area contributed by atoms with Crippen molar-refractivity contribution in [3.63, 3.8) is 0 Å². The van der Waals surface area contributed by atoms with E-state index in [0.717, 1.165) is 5.56 Å². The van der Waals surface area contributed by atoms with Crippen molar-refractivity contribution in [3.8, 4) is 29.1 Å². The van der Waals surface area contributed by atoms with Crippen LogP contribution in [-0.4, -0.2) is 12.6 Å². The SMILES string of the molecule is CCOc1cc(C2C(C#N)=C(N)Oc3cc(OC(=O)/C=C/c4ccc(Cl)cc4Cl)ccc32)ccc1OCc1ccc(Cl)cc1Cl. The van der Waals surface area contributed by atoms with Crippen LogP contribution in [0.3, 0.4) is 0 Å². The van der Waals surface area contributed by atoms with Gasteiger partial charge in [0.25, 0.3) is 0 Å². The molecule has 0 saturated carbocycles. The Balaban J connectivity index is 1.40. The summed E-state index contributed by atoms with van der Waals surface area (Å²) in [6.45, 7) is 2.43. The lowest BCUT2D eigenvalue weighted by Gasteiger charge is -2.27. The quantitative estimate of drug-likeness (QED) is 0.107. The Hall–Kier alpha value is -4.32. The van der Waals surface area contributed by atoms with Crippen molar-refractivity contribution in [2.75, 3.05) is 6.61 Å². The zero-order valence-corrected chi connectivity index (χ0v) is 26.7. The third-order valence-electron chi connectivity index (χ3n) is 6.77. The summed E-state index contributed by atoms with van der Waals surface area (Å²) in [5, 5.41) is 11.9. The van der Waals surface area contributed by atoms with Gasteiger partial charge in [-0.25, -0.2) is 4.79 Å². The first-order valence-electron chi connectivity index (χ1n) is 13.6. The van der Waals surface area contributed by atoms with Crippen molar-refractivity contribution in [1.29, 1.82) is 5.26 Å². The maximum absolute atomic E-state index is 12.6. The van der Waals surface area contributed by atoms with Gasteiger partial charge in [0.05, 0.1) is 12.5 Å². The second-order valence-corrected chi connectivity index (χ2v) is 11.4. The fourth-order valence-corrected chi connectivity index (χ4v) is 5.61. The molecule has 1 aliphatic heterocycles. The first kappa shape index (κ1) is 32.1. The number of nitriles is 1. The number of rotatable bonds is 9. The van der Waals surface area contributed by atoms with Gasteiger partial charge in [0.2, 0.25) is 5.88 Å². The van der Waals surface area contributed by atoms with Crippen LogP contribution in [0.25, 0.3) is 6.08 Å². The maximum Gasteiger partial charge on any atom is 0.336 e. The lowest BCUT2D eigenvalue weighted by molar-refractivity contribution is -0.128. The topological polar surface area (TPSA) is 104 Å². The van der Waals surface area contributed by atoms with Gasteiger partial charge >= 0.3 is 5.97 Å². The highest BCUT2D eigenvalue weighted by molar-refractivity contribution is 6.35. The number of allylic oxidation sites excluding steroid dienone is 1. The van der Waals surface area contributed by atoms with Gasteiger partial charge in [-0.1, -0.05) is 70.7 Å². The number of halogens is 4. The Morgan fingerprint density at radius 3 is 2.40 bits per heavy atom. The molecule has 0 spiro atoms. The monoisotopic (exact) mass is 680 g/mol. The zero-order valence-electron chi connectivity index (χ0n) is 23.7. The molecule has 0 aromatic heterocycles. The summed E-state index contributed by atoms with van der Waals surface area (Å²) in [5.41, 5.74) is 9.15. The molecule has 1 heterocycles. The molecule has 0 fully saturated rings. The number of carbonyl (C=O) groups is 1. The first-order valence-corrected chi connectivity index (χ1v) is 15.1. The Labute approximate surface area is 279 Å². The van der Waals surface area contributed by atoms with Crippen LogP contribution in [-0.2, 0) is 11.4 Å². The third-order valence-corrected chi connectivity index (χ3v) is 7.92. The molecule has 0 radical (unpaired) electrons. The van der Waals surface area contributed by atoms with Gasteiger partial charge in [-0.15, -0.1) is 0 Å². The lowest BCUT2D eigenvalue weighted by atomic mass is 9.83. The molecule has 11 heteroatoms. The normalized spacial score (nSPS) is 14.0. The molecule has 2 N–H and O–H groups in total. The average Bonchev–Trinajstić information content (AvgIpc) is 3.00. The summed E-state index contributed by atoms with van der Waals surface area (Å²) < 4.78 is 23.2. The number of nitrogens with two attached hydrogens (primary N) is 1. The van der Waals surface area contributed by atoms with Crippen molar-refractivity contribution in [2.45, 2.75) is 19.4 Å². The van der Waals surface area contributed by atoms with Gasteiger partial charge in [-0.3, -0.25) is 0 Å². The van der Waals surface area contributed by atoms with E-state index in [1.807, 2.05) is 13.0 Å². The standard InChI is InChI=1S/C34H24Cl4N2O5/c1-2-42-31-13-20(5-11-29(31)43-18-21-4-8-23(36)15-28(21)38)33-25-10-9-24(16-30(25)45-34(40)26(33)17-39)44-32(41)12-6-19-3-7-22(35)14-27(19)37/h3-16,33H,2,18,40H2,1H3/b12-6+. The minimum Gasteiger partial charge on any atom is -0.490 e. The molecule has 1 unspecified atom stereocenters. The van der Waals surface area contributed by atoms with Crippen LogP contribution in [0.5, 0.6) is 23.0 Å². The minimum absolute atomic E-state index is 0.0635. The number of esters is 1. The van der Waals surface area contributed by atoms with Crippen molar-refractivity contribution in [1.82, 2.24) is 0 Å². The molecule has 1 aliphatic rings. The van der Waals surface area contributed by atoms with Crippen LogP contribution in [0, 0.1) is 11.3 Å². The number of nitrogens with zero attached hydrogens (tertiary/aromatic N) is 1. The van der Waals surface area contributed by atoms with E-state index in [-0.39, 0.29) is 23.8 Å². The number of hydrogen-bond donors (Lipinski definition) is 1. The van der Waals surface area contributed by atoms with Gasteiger partial charge in [0.15, 0.2) is 11.5 Å². The maximum atomic E-state index is 12.6. The molecule has 0 saturated heterocycles. The number of fused-ring (bicyclic) bond motifs is 1. The highest BCUT2D eigenvalue weighted by Gasteiger charge is 2.32. The molecule has 228 valence electrons. The molecular weight excluding hydrogens is 658 g/mol. The van der Waals surface area contributed by atoms with E-state index in [0.29, 0.717) is 60.6 Å². The predicted octanol–water partition coefficient (Wildman–Crippen LogP) is 9.11. The Bertz CT molecular complexity index is 1880. The summed E-state index contributed by atoms with van der Waals surface area (Å²) in [4.78, 5) is 12.6. The highest BCUT2D eigenvalue weighted by atomic mass is 35.5. The molecule has 0 bridgehead atoms. The van der Waals surface area contributed by atoms with E-state index < -0.39 is 11.9 Å². The van der Waals surface area contributed by atoms with Crippen LogP contribution in [0.2, 0.25) is 20.1 Å². The molecule has 0 amide bonds. The summed E-state index contributed by atoms with van der Waals surface area (Å²) in [7, 11) is 0. The second-order valence-electron chi connectivity index (χ2n) is 9.71. The van der Waals surface area contributed by atoms with Crippen LogP contribution < -0.4 is 24.7 Å². The molecule has 4 aromatic rings. The Morgan fingerprint density at radius 1 is 0.933 bits per heavy atom. The largest absolute Gasteiger partial charge is 0.490 e. The van der Waals surface area contributed by atoms with Crippen molar-refractivity contribution in [2.24, 2.45) is 5.73 Å².